The fourth-order valence-electron chi connectivity index (χ4n) is 3.22. The van der Waals surface area contributed by atoms with Crippen molar-refractivity contribution in [3.63, 3.8) is 0 Å². The third-order valence-electron chi connectivity index (χ3n) is 5.06. The van der Waals surface area contributed by atoms with Crippen LogP contribution in [-0.2, 0) is 20.1 Å². The first kappa shape index (κ1) is 26.9. The van der Waals surface area contributed by atoms with Gasteiger partial charge < -0.3 is 9.97 Å². The first-order chi connectivity index (χ1) is 16.9. The van der Waals surface area contributed by atoms with Crippen LogP contribution >= 0.6 is 0 Å². The summed E-state index contributed by atoms with van der Waals surface area (Å²) in [5.74, 6) is -6.81. The third kappa shape index (κ3) is 6.30. The zero-order valence-electron chi connectivity index (χ0n) is 18.9. The molecule has 0 aliphatic rings. The summed E-state index contributed by atoms with van der Waals surface area (Å²) in [7, 11) is 0. The fraction of sp³-hybridized carbons (Fsp3) is 0.0345. The second-order valence-corrected chi connectivity index (χ2v) is 7.55. The van der Waals surface area contributed by atoms with Crippen molar-refractivity contribution in [2.24, 2.45) is 0 Å². The molecule has 0 spiro atoms. The number of aromatic nitrogens is 2. The summed E-state index contributed by atoms with van der Waals surface area (Å²) >= 11 is 0. The van der Waals surface area contributed by atoms with Crippen LogP contribution in [0.2, 0.25) is 0 Å². The molecular formula is C29H18F4IrN2-2. The second kappa shape index (κ2) is 12.3. The fourth-order valence-corrected chi connectivity index (χ4v) is 3.22. The Morgan fingerprint density at radius 2 is 1.33 bits per heavy atom. The van der Waals surface area contributed by atoms with Crippen molar-refractivity contribution in [3.8, 4) is 33.6 Å². The average Bonchev–Trinajstić information content (AvgIpc) is 2.91. The summed E-state index contributed by atoms with van der Waals surface area (Å²) in [5, 5.41) is 0. The first-order valence-corrected chi connectivity index (χ1v) is 10.6. The molecule has 36 heavy (non-hydrogen) atoms. The standard InChI is InChI=1S/C17H12N.C12H6F4N.Ir/c1-3-7-14(8-4-1)16-11-12-17(18-13-16)15-9-5-2-6-10-15;1-6-2-3-9(17-5-6)7-4-8(13)11(15)12(16)10(7)14;/h1-9,11-13H;2-3,5H,1H3;/q2*-1;. The number of halogens is 4. The van der Waals surface area contributed by atoms with Crippen LogP contribution < -0.4 is 0 Å². The van der Waals surface area contributed by atoms with E-state index < -0.39 is 28.8 Å². The third-order valence-corrected chi connectivity index (χ3v) is 5.06. The Bertz CT molecular complexity index is 1350. The normalized spacial score (nSPS) is 10.1. The molecule has 2 nitrogen and oxygen atoms in total. The van der Waals surface area contributed by atoms with Gasteiger partial charge in [0.25, 0.3) is 0 Å². The maximum absolute atomic E-state index is 13.4. The second-order valence-electron chi connectivity index (χ2n) is 7.55. The van der Waals surface area contributed by atoms with Gasteiger partial charge in [-0.2, -0.15) is 0 Å². The van der Waals surface area contributed by atoms with Gasteiger partial charge >= 0.3 is 0 Å². The molecule has 0 aliphatic carbocycles. The van der Waals surface area contributed by atoms with Crippen molar-refractivity contribution in [2.45, 2.75) is 6.92 Å². The number of benzene rings is 3. The minimum atomic E-state index is -1.88. The van der Waals surface area contributed by atoms with E-state index in [0.29, 0.717) is 0 Å². The summed E-state index contributed by atoms with van der Waals surface area (Å²) < 4.78 is 52.0. The van der Waals surface area contributed by atoms with Gasteiger partial charge in [-0.15, -0.1) is 35.9 Å². The van der Waals surface area contributed by atoms with Crippen molar-refractivity contribution >= 4 is 0 Å². The molecule has 0 atom stereocenters. The maximum atomic E-state index is 13.4. The smallest absolute Gasteiger partial charge is 0.114 e. The molecule has 183 valence electrons. The van der Waals surface area contributed by atoms with Crippen LogP contribution in [0, 0.1) is 42.3 Å². The molecule has 2 aromatic heterocycles. The van der Waals surface area contributed by atoms with E-state index >= 15 is 0 Å². The van der Waals surface area contributed by atoms with Gasteiger partial charge in [-0.1, -0.05) is 66.2 Å². The minimum absolute atomic E-state index is 0. The zero-order valence-corrected chi connectivity index (χ0v) is 21.3. The molecule has 0 saturated heterocycles. The topological polar surface area (TPSA) is 25.8 Å². The Morgan fingerprint density at radius 3 is 1.94 bits per heavy atom. The van der Waals surface area contributed by atoms with Crippen molar-refractivity contribution < 1.29 is 37.7 Å². The molecule has 7 heteroatoms. The summed E-state index contributed by atoms with van der Waals surface area (Å²) in [4.78, 5) is 8.29. The summed E-state index contributed by atoms with van der Waals surface area (Å²) in [6.45, 7) is 1.75. The average molecular weight is 663 g/mol. The maximum Gasteiger partial charge on any atom is 0.114 e. The Morgan fingerprint density at radius 1 is 0.639 bits per heavy atom. The largest absolute Gasteiger partial charge is 0.304 e. The number of aryl methyl sites for hydroxylation is 1. The molecule has 0 saturated carbocycles. The van der Waals surface area contributed by atoms with Crippen LogP contribution in [0.3, 0.4) is 0 Å². The minimum Gasteiger partial charge on any atom is -0.304 e. The Hall–Kier alpha value is -3.67. The zero-order chi connectivity index (χ0) is 24.8. The van der Waals surface area contributed by atoms with Crippen LogP contribution in [0.5, 0.6) is 0 Å². The van der Waals surface area contributed by atoms with E-state index in [-0.39, 0.29) is 25.8 Å². The van der Waals surface area contributed by atoms with Crippen LogP contribution in [0.15, 0.2) is 91.3 Å². The predicted molar refractivity (Wildman–Crippen MR) is 127 cm³/mol. The first-order valence-electron chi connectivity index (χ1n) is 10.6. The summed E-state index contributed by atoms with van der Waals surface area (Å²) in [6.07, 6.45) is 3.31. The van der Waals surface area contributed by atoms with Crippen LogP contribution in [0.4, 0.5) is 17.6 Å². The molecule has 0 fully saturated rings. The molecule has 0 N–H and O–H groups in total. The summed E-state index contributed by atoms with van der Waals surface area (Å²) in [5.41, 5.74) is 4.57. The number of pyridine rings is 2. The van der Waals surface area contributed by atoms with E-state index in [1.54, 1.807) is 19.1 Å². The number of hydrogen-bond donors (Lipinski definition) is 0. The molecule has 2 heterocycles. The van der Waals surface area contributed by atoms with E-state index in [1.165, 1.54) is 17.8 Å². The van der Waals surface area contributed by atoms with E-state index in [9.17, 15) is 17.6 Å². The quantitative estimate of drug-likeness (QED) is 0.0860. The number of hydrogen-bond acceptors (Lipinski definition) is 2. The molecular weight excluding hydrogens is 645 g/mol. The number of nitrogens with zero attached hydrogens (tertiary/aromatic N) is 2. The van der Waals surface area contributed by atoms with Gasteiger partial charge in [0.2, 0.25) is 0 Å². The van der Waals surface area contributed by atoms with Gasteiger partial charge in [0.1, 0.15) is 11.6 Å². The van der Waals surface area contributed by atoms with Gasteiger partial charge in [-0.3, -0.25) is 8.78 Å². The Balaban J connectivity index is 0.000000196. The molecule has 0 amide bonds. The molecule has 0 unspecified atom stereocenters. The molecule has 5 rings (SSSR count). The van der Waals surface area contributed by atoms with Gasteiger partial charge in [0.05, 0.1) is 11.6 Å². The van der Waals surface area contributed by atoms with Crippen LogP contribution in [0.25, 0.3) is 33.6 Å². The van der Waals surface area contributed by atoms with Gasteiger partial charge in [-0.05, 0) is 35.0 Å². The number of rotatable bonds is 3. The van der Waals surface area contributed by atoms with Crippen molar-refractivity contribution in [1.82, 2.24) is 9.97 Å². The SMILES string of the molecule is Cc1ccc(-c2[c-]c(F)c(F)c(F)c2F)nc1.[Ir].[c-]1ccccc1-c1ccc(-c2ccccc2)cn1. The van der Waals surface area contributed by atoms with Crippen molar-refractivity contribution in [3.05, 3.63) is 132 Å². The van der Waals surface area contributed by atoms with Gasteiger partial charge in [0, 0.05) is 32.5 Å². The molecule has 1 radical (unpaired) electrons. The van der Waals surface area contributed by atoms with E-state index in [1.807, 2.05) is 54.7 Å². The van der Waals surface area contributed by atoms with E-state index in [0.717, 1.165) is 22.4 Å². The molecule has 5 aromatic rings. The monoisotopic (exact) mass is 663 g/mol. The molecule has 0 aliphatic heterocycles. The van der Waals surface area contributed by atoms with Crippen LogP contribution in [0.1, 0.15) is 5.56 Å². The van der Waals surface area contributed by atoms with E-state index in [2.05, 4.69) is 34.2 Å². The van der Waals surface area contributed by atoms with Crippen molar-refractivity contribution in [1.29, 1.82) is 0 Å². The molecule has 0 bridgehead atoms. The molecule has 3 aromatic carbocycles. The summed E-state index contributed by atoms with van der Waals surface area (Å²) in [6, 6.07) is 30.2. The van der Waals surface area contributed by atoms with Crippen LogP contribution in [-0.4, -0.2) is 9.97 Å². The Kier molecular flexibility index (Phi) is 9.23. The van der Waals surface area contributed by atoms with Gasteiger partial charge in [-0.25, -0.2) is 8.78 Å². The Labute approximate surface area is 220 Å². The van der Waals surface area contributed by atoms with Gasteiger partial charge in [0.15, 0.2) is 0 Å². The predicted octanol–water partition coefficient (Wildman–Crippen LogP) is 7.63. The van der Waals surface area contributed by atoms with Crippen molar-refractivity contribution in [2.75, 3.05) is 0 Å². The van der Waals surface area contributed by atoms with E-state index in [4.69, 9.17) is 0 Å².